The number of nitrogens with zero attached hydrogens (tertiary/aromatic N) is 1. The van der Waals surface area contributed by atoms with Crippen LogP contribution in [0, 0.1) is 0 Å². The predicted octanol–water partition coefficient (Wildman–Crippen LogP) is 5.17. The molecule has 0 aliphatic heterocycles. The average Bonchev–Trinajstić information content (AvgIpc) is 2.60. The van der Waals surface area contributed by atoms with Crippen LogP contribution in [0.25, 0.3) is 5.57 Å². The first-order valence-electron chi connectivity index (χ1n) is 8.73. The average molecular weight is 337 g/mol. The Morgan fingerprint density at radius 1 is 1.04 bits per heavy atom. The first kappa shape index (κ1) is 18.7. The van der Waals surface area contributed by atoms with Gasteiger partial charge in [-0.3, -0.25) is 0 Å². The summed E-state index contributed by atoms with van der Waals surface area (Å²) in [5, 5.41) is 19.8. The number of benzene rings is 2. The molecule has 0 bridgehead atoms. The van der Waals surface area contributed by atoms with Crippen molar-refractivity contribution in [2.24, 2.45) is 0 Å². The standard InChI is InChI=1S/C22H27NO2/c1-3-15-23(2)16-9-5-8-12-20(18-10-6-4-7-11-18)21-14-13-19(24)17-22(21)25/h3-4,6-7,10-15,17,24-25H,5,8-9,16H2,1-2H3/b15-3-,20-12+. The summed E-state index contributed by atoms with van der Waals surface area (Å²) in [5.41, 5.74) is 2.81. The lowest BCUT2D eigenvalue weighted by molar-refractivity contribution is 0.437. The van der Waals surface area contributed by atoms with Gasteiger partial charge >= 0.3 is 0 Å². The van der Waals surface area contributed by atoms with E-state index in [-0.39, 0.29) is 11.5 Å². The Labute approximate surface area is 150 Å². The van der Waals surface area contributed by atoms with Gasteiger partial charge in [-0.05, 0) is 55.7 Å². The molecule has 0 amide bonds. The smallest absolute Gasteiger partial charge is 0.127 e. The van der Waals surface area contributed by atoms with E-state index >= 15 is 0 Å². The highest BCUT2D eigenvalue weighted by Gasteiger charge is 2.10. The van der Waals surface area contributed by atoms with Crippen LogP contribution >= 0.6 is 0 Å². The number of rotatable bonds is 8. The lowest BCUT2D eigenvalue weighted by Crippen LogP contribution is -2.11. The van der Waals surface area contributed by atoms with Crippen LogP contribution < -0.4 is 0 Å². The van der Waals surface area contributed by atoms with Gasteiger partial charge in [-0.15, -0.1) is 0 Å². The number of phenolic OH excluding ortho intramolecular Hbond substituents is 2. The number of hydrogen-bond donors (Lipinski definition) is 2. The van der Waals surface area contributed by atoms with Crippen LogP contribution in [0.15, 0.2) is 66.9 Å². The van der Waals surface area contributed by atoms with Crippen molar-refractivity contribution >= 4 is 5.57 Å². The summed E-state index contributed by atoms with van der Waals surface area (Å²) in [4.78, 5) is 2.19. The summed E-state index contributed by atoms with van der Waals surface area (Å²) in [6.45, 7) is 3.05. The topological polar surface area (TPSA) is 43.7 Å². The van der Waals surface area contributed by atoms with E-state index in [4.69, 9.17) is 0 Å². The Morgan fingerprint density at radius 2 is 1.80 bits per heavy atom. The van der Waals surface area contributed by atoms with Crippen molar-refractivity contribution in [2.45, 2.75) is 26.2 Å². The lowest BCUT2D eigenvalue weighted by atomic mass is 9.95. The van der Waals surface area contributed by atoms with Crippen LogP contribution in [0.3, 0.4) is 0 Å². The highest BCUT2D eigenvalue weighted by atomic mass is 16.3. The summed E-state index contributed by atoms with van der Waals surface area (Å²) >= 11 is 0. The van der Waals surface area contributed by atoms with E-state index in [9.17, 15) is 10.2 Å². The van der Waals surface area contributed by atoms with Crippen LogP contribution in [-0.4, -0.2) is 28.7 Å². The molecule has 2 rings (SSSR count). The summed E-state index contributed by atoms with van der Waals surface area (Å²) in [7, 11) is 2.08. The molecule has 2 aromatic carbocycles. The van der Waals surface area contributed by atoms with Gasteiger partial charge in [0.25, 0.3) is 0 Å². The highest BCUT2D eigenvalue weighted by Crippen LogP contribution is 2.33. The first-order valence-corrected chi connectivity index (χ1v) is 8.73. The molecule has 0 aromatic heterocycles. The van der Waals surface area contributed by atoms with Gasteiger partial charge in [0.05, 0.1) is 0 Å². The van der Waals surface area contributed by atoms with Gasteiger partial charge in [0.15, 0.2) is 0 Å². The maximum atomic E-state index is 10.2. The molecule has 3 nitrogen and oxygen atoms in total. The van der Waals surface area contributed by atoms with Crippen LogP contribution in [-0.2, 0) is 0 Å². The second-order valence-corrected chi connectivity index (χ2v) is 6.14. The fraction of sp³-hybridized carbons (Fsp3) is 0.273. The molecule has 0 saturated heterocycles. The molecule has 0 spiro atoms. The van der Waals surface area contributed by atoms with Crippen molar-refractivity contribution in [3.63, 3.8) is 0 Å². The molecule has 25 heavy (non-hydrogen) atoms. The SMILES string of the molecule is C/C=C\N(C)CCCC/C=C(\c1ccccc1)c1ccc(O)cc1O. The molecule has 0 heterocycles. The largest absolute Gasteiger partial charge is 0.508 e. The fourth-order valence-corrected chi connectivity index (χ4v) is 2.83. The Bertz CT molecular complexity index is 720. The van der Waals surface area contributed by atoms with Gasteiger partial charge in [-0.2, -0.15) is 0 Å². The van der Waals surface area contributed by atoms with E-state index in [1.165, 1.54) is 6.07 Å². The molecule has 0 atom stereocenters. The number of allylic oxidation sites excluding steroid dienone is 2. The Balaban J connectivity index is 2.13. The zero-order valence-electron chi connectivity index (χ0n) is 15.0. The third-order valence-corrected chi connectivity index (χ3v) is 4.07. The summed E-state index contributed by atoms with van der Waals surface area (Å²) in [5.74, 6) is 0.170. The number of aromatic hydroxyl groups is 2. The Hall–Kier alpha value is -2.68. The Morgan fingerprint density at radius 3 is 2.48 bits per heavy atom. The summed E-state index contributed by atoms with van der Waals surface area (Å²) < 4.78 is 0. The zero-order valence-corrected chi connectivity index (χ0v) is 15.0. The second kappa shape index (κ2) is 9.58. The van der Waals surface area contributed by atoms with E-state index in [0.717, 1.165) is 42.5 Å². The van der Waals surface area contributed by atoms with Crippen molar-refractivity contribution in [1.29, 1.82) is 0 Å². The predicted molar refractivity (Wildman–Crippen MR) is 105 cm³/mol. The molecule has 0 aliphatic rings. The fourth-order valence-electron chi connectivity index (χ4n) is 2.83. The van der Waals surface area contributed by atoms with Crippen molar-refractivity contribution in [3.8, 4) is 11.5 Å². The quantitative estimate of drug-likeness (QED) is 0.654. The molecular weight excluding hydrogens is 310 g/mol. The molecule has 132 valence electrons. The second-order valence-electron chi connectivity index (χ2n) is 6.14. The normalized spacial score (nSPS) is 11.8. The number of unbranched alkanes of at least 4 members (excludes halogenated alkanes) is 2. The van der Waals surface area contributed by atoms with Gasteiger partial charge in [0, 0.05) is 25.2 Å². The molecule has 3 heteroatoms. The van der Waals surface area contributed by atoms with Crippen LogP contribution in [0.2, 0.25) is 0 Å². The Kier molecular flexibility index (Phi) is 7.15. The maximum Gasteiger partial charge on any atom is 0.127 e. The molecular formula is C22H27NO2. The molecule has 2 aromatic rings. The summed E-state index contributed by atoms with van der Waals surface area (Å²) in [6.07, 6.45) is 9.43. The zero-order chi connectivity index (χ0) is 18.1. The van der Waals surface area contributed by atoms with E-state index < -0.39 is 0 Å². The third kappa shape index (κ3) is 5.71. The maximum absolute atomic E-state index is 10.2. The third-order valence-electron chi connectivity index (χ3n) is 4.07. The minimum absolute atomic E-state index is 0.0701. The summed E-state index contributed by atoms with van der Waals surface area (Å²) in [6, 6.07) is 14.8. The van der Waals surface area contributed by atoms with E-state index in [1.807, 2.05) is 43.3 Å². The minimum Gasteiger partial charge on any atom is -0.508 e. The van der Waals surface area contributed by atoms with Gasteiger partial charge in [-0.1, -0.05) is 42.5 Å². The van der Waals surface area contributed by atoms with E-state index in [1.54, 1.807) is 12.1 Å². The van der Waals surface area contributed by atoms with Gasteiger partial charge in [-0.25, -0.2) is 0 Å². The van der Waals surface area contributed by atoms with Crippen molar-refractivity contribution in [1.82, 2.24) is 4.90 Å². The molecule has 0 fully saturated rings. The molecule has 0 unspecified atom stereocenters. The van der Waals surface area contributed by atoms with Crippen molar-refractivity contribution in [2.75, 3.05) is 13.6 Å². The monoisotopic (exact) mass is 337 g/mol. The lowest BCUT2D eigenvalue weighted by Gasteiger charge is -2.13. The molecule has 0 aliphatic carbocycles. The van der Waals surface area contributed by atoms with E-state index in [0.29, 0.717) is 0 Å². The molecule has 0 radical (unpaired) electrons. The molecule has 2 N–H and O–H groups in total. The number of phenols is 2. The van der Waals surface area contributed by atoms with E-state index in [2.05, 4.69) is 24.2 Å². The van der Waals surface area contributed by atoms with Crippen molar-refractivity contribution in [3.05, 3.63) is 78.0 Å². The van der Waals surface area contributed by atoms with Gasteiger partial charge in [0.2, 0.25) is 0 Å². The van der Waals surface area contributed by atoms with Gasteiger partial charge in [0.1, 0.15) is 11.5 Å². The van der Waals surface area contributed by atoms with Crippen LogP contribution in [0.4, 0.5) is 0 Å². The van der Waals surface area contributed by atoms with Crippen LogP contribution in [0.1, 0.15) is 37.3 Å². The highest BCUT2D eigenvalue weighted by molar-refractivity contribution is 5.82. The van der Waals surface area contributed by atoms with Crippen LogP contribution in [0.5, 0.6) is 11.5 Å². The minimum atomic E-state index is 0.0701. The van der Waals surface area contributed by atoms with Gasteiger partial charge < -0.3 is 15.1 Å². The molecule has 0 saturated carbocycles. The first-order chi connectivity index (χ1) is 12.1. The number of hydrogen-bond acceptors (Lipinski definition) is 3. The van der Waals surface area contributed by atoms with Crippen molar-refractivity contribution < 1.29 is 10.2 Å².